The van der Waals surface area contributed by atoms with Gasteiger partial charge >= 0.3 is 0 Å². The van der Waals surface area contributed by atoms with Crippen LogP contribution in [0.2, 0.25) is 0 Å². The maximum atomic E-state index is 12.9. The van der Waals surface area contributed by atoms with E-state index in [4.69, 9.17) is 12.2 Å². The molecule has 2 N–H and O–H groups in total. The van der Waals surface area contributed by atoms with Crippen LogP contribution in [-0.2, 0) is 4.79 Å². The highest BCUT2D eigenvalue weighted by molar-refractivity contribution is 8.26. The second kappa shape index (κ2) is 4.23. The zero-order chi connectivity index (χ0) is 11.7. The smallest absolute Gasteiger partial charge is 0.263 e. The van der Waals surface area contributed by atoms with Crippen molar-refractivity contribution in [3.8, 4) is 5.75 Å². The maximum Gasteiger partial charge on any atom is 0.263 e. The number of hydrogen-bond donors (Lipinski definition) is 2. The van der Waals surface area contributed by atoms with E-state index < -0.39 is 5.82 Å². The summed E-state index contributed by atoms with van der Waals surface area (Å²) >= 11 is 5.88. The van der Waals surface area contributed by atoms with Crippen LogP contribution in [0.1, 0.15) is 5.56 Å². The van der Waals surface area contributed by atoms with Crippen LogP contribution in [0.5, 0.6) is 5.75 Å². The molecule has 82 valence electrons. The minimum Gasteiger partial charge on any atom is -0.507 e. The van der Waals surface area contributed by atoms with Crippen LogP contribution in [0, 0.1) is 5.82 Å². The average molecular weight is 255 g/mol. The van der Waals surface area contributed by atoms with E-state index in [2.05, 4.69) is 5.32 Å². The van der Waals surface area contributed by atoms with Crippen molar-refractivity contribution in [3.63, 3.8) is 0 Å². The lowest BCUT2D eigenvalue weighted by atomic mass is 10.2. The van der Waals surface area contributed by atoms with Gasteiger partial charge in [-0.1, -0.05) is 24.0 Å². The van der Waals surface area contributed by atoms with Gasteiger partial charge in [-0.25, -0.2) is 4.39 Å². The molecule has 2 rings (SSSR count). The van der Waals surface area contributed by atoms with Crippen LogP contribution in [0.25, 0.3) is 6.08 Å². The highest BCUT2D eigenvalue weighted by Gasteiger charge is 2.22. The van der Waals surface area contributed by atoms with Gasteiger partial charge in [0, 0.05) is 5.56 Å². The molecule has 0 spiro atoms. The van der Waals surface area contributed by atoms with Gasteiger partial charge in [-0.2, -0.15) is 0 Å². The largest absolute Gasteiger partial charge is 0.507 e. The maximum absolute atomic E-state index is 12.9. The minimum absolute atomic E-state index is 0.0832. The average Bonchev–Trinajstić information content (AvgIpc) is 2.51. The van der Waals surface area contributed by atoms with Gasteiger partial charge in [0.15, 0.2) is 0 Å². The number of aromatic hydroxyl groups is 1. The number of thiocarbonyl (C=S) groups is 1. The molecule has 1 aliphatic heterocycles. The van der Waals surface area contributed by atoms with Crippen LogP contribution >= 0.6 is 24.0 Å². The Morgan fingerprint density at radius 3 is 2.88 bits per heavy atom. The second-order valence-corrected chi connectivity index (χ2v) is 4.77. The Morgan fingerprint density at radius 1 is 1.50 bits per heavy atom. The second-order valence-electron chi connectivity index (χ2n) is 3.06. The molecule has 3 nitrogen and oxygen atoms in total. The molecule has 1 aromatic rings. The van der Waals surface area contributed by atoms with Gasteiger partial charge in [-0.3, -0.25) is 4.79 Å². The zero-order valence-electron chi connectivity index (χ0n) is 7.86. The number of carbonyl (C=O) groups excluding carboxylic acids is 1. The summed E-state index contributed by atoms with van der Waals surface area (Å²) in [6, 6.07) is 3.53. The number of nitrogens with one attached hydrogen (secondary N) is 1. The molecule has 1 aromatic carbocycles. The number of phenolic OH excluding ortho intramolecular Hbond substituents is 1. The van der Waals surface area contributed by atoms with E-state index in [9.17, 15) is 14.3 Å². The van der Waals surface area contributed by atoms with E-state index in [0.29, 0.717) is 9.23 Å². The van der Waals surface area contributed by atoms with Gasteiger partial charge in [-0.15, -0.1) is 0 Å². The summed E-state index contributed by atoms with van der Waals surface area (Å²) in [5.74, 6) is -0.894. The Hall–Kier alpha value is -1.40. The normalized spacial score (nSPS) is 17.9. The fraction of sp³-hybridized carbons (Fsp3) is 0. The SMILES string of the molecule is O=C1NC(=S)SC1=Cc1cc(F)ccc1O. The number of benzene rings is 1. The predicted octanol–water partition coefficient (Wildman–Crippen LogP) is 2.02. The first kappa shape index (κ1) is 11.1. The third-order valence-electron chi connectivity index (χ3n) is 1.92. The quantitative estimate of drug-likeness (QED) is 0.595. The lowest BCUT2D eigenvalue weighted by molar-refractivity contribution is -0.115. The number of carbonyl (C=O) groups is 1. The fourth-order valence-electron chi connectivity index (χ4n) is 1.20. The Morgan fingerprint density at radius 2 is 2.25 bits per heavy atom. The van der Waals surface area contributed by atoms with Crippen molar-refractivity contribution < 1.29 is 14.3 Å². The number of amides is 1. The molecule has 0 atom stereocenters. The molecule has 0 aliphatic carbocycles. The first-order chi connectivity index (χ1) is 7.56. The minimum atomic E-state index is -0.476. The monoisotopic (exact) mass is 255 g/mol. The van der Waals surface area contributed by atoms with Crippen molar-refractivity contribution in [1.82, 2.24) is 5.32 Å². The first-order valence-electron chi connectivity index (χ1n) is 4.29. The lowest BCUT2D eigenvalue weighted by Crippen LogP contribution is -2.17. The van der Waals surface area contributed by atoms with Crippen molar-refractivity contribution in [2.45, 2.75) is 0 Å². The number of hydrogen-bond acceptors (Lipinski definition) is 4. The van der Waals surface area contributed by atoms with Gasteiger partial charge in [0.05, 0.1) is 4.91 Å². The summed E-state index contributed by atoms with van der Waals surface area (Å²) in [5.41, 5.74) is 0.252. The van der Waals surface area contributed by atoms with Gasteiger partial charge < -0.3 is 10.4 Å². The molecule has 0 aromatic heterocycles. The van der Waals surface area contributed by atoms with E-state index in [1.54, 1.807) is 0 Å². The van der Waals surface area contributed by atoms with E-state index in [0.717, 1.165) is 23.9 Å². The van der Waals surface area contributed by atoms with Crippen LogP contribution in [0.3, 0.4) is 0 Å². The molecule has 1 aliphatic rings. The Balaban J connectivity index is 2.39. The fourth-order valence-corrected chi connectivity index (χ4v) is 2.24. The highest BCUT2D eigenvalue weighted by Crippen LogP contribution is 2.28. The van der Waals surface area contributed by atoms with Crippen molar-refractivity contribution in [2.24, 2.45) is 0 Å². The van der Waals surface area contributed by atoms with Crippen LogP contribution < -0.4 is 5.32 Å². The standard InChI is InChI=1S/C10H6FNO2S2/c11-6-1-2-7(13)5(3-6)4-8-9(14)12-10(15)16-8/h1-4,13H,(H,12,14,15). The third-order valence-corrected chi connectivity index (χ3v) is 3.08. The van der Waals surface area contributed by atoms with Gasteiger partial charge in [-0.05, 0) is 24.3 Å². The molecular weight excluding hydrogens is 249 g/mol. The molecule has 1 saturated heterocycles. The lowest BCUT2D eigenvalue weighted by Gasteiger charge is -1.99. The summed E-state index contributed by atoms with van der Waals surface area (Å²) in [7, 11) is 0. The van der Waals surface area contributed by atoms with Crippen molar-refractivity contribution in [2.75, 3.05) is 0 Å². The van der Waals surface area contributed by atoms with Crippen molar-refractivity contribution >= 4 is 40.3 Å². The topological polar surface area (TPSA) is 49.3 Å². The van der Waals surface area contributed by atoms with Gasteiger partial charge in [0.25, 0.3) is 5.91 Å². The molecule has 1 fully saturated rings. The summed E-state index contributed by atoms with van der Waals surface area (Å²) in [6.45, 7) is 0. The van der Waals surface area contributed by atoms with Gasteiger partial charge in [0.1, 0.15) is 15.9 Å². The number of thioether (sulfide) groups is 1. The molecule has 6 heteroatoms. The van der Waals surface area contributed by atoms with Crippen molar-refractivity contribution in [1.29, 1.82) is 0 Å². The summed E-state index contributed by atoms with van der Waals surface area (Å²) in [4.78, 5) is 11.7. The highest BCUT2D eigenvalue weighted by atomic mass is 32.2. The molecular formula is C10H6FNO2S2. The molecule has 0 bridgehead atoms. The molecule has 0 radical (unpaired) electrons. The zero-order valence-corrected chi connectivity index (χ0v) is 9.49. The first-order valence-corrected chi connectivity index (χ1v) is 5.52. The third kappa shape index (κ3) is 2.23. The van der Waals surface area contributed by atoms with Gasteiger partial charge in [0.2, 0.25) is 0 Å². The molecule has 0 saturated carbocycles. The Kier molecular flexibility index (Phi) is 2.93. The molecule has 0 unspecified atom stereocenters. The molecule has 16 heavy (non-hydrogen) atoms. The van der Waals surface area contributed by atoms with E-state index in [1.165, 1.54) is 12.1 Å². The Labute approximate surface area is 100 Å². The van der Waals surface area contributed by atoms with Crippen LogP contribution in [-0.4, -0.2) is 15.3 Å². The molecule has 1 amide bonds. The van der Waals surface area contributed by atoms with Crippen LogP contribution in [0.4, 0.5) is 4.39 Å². The number of phenols is 1. The summed E-state index contributed by atoms with van der Waals surface area (Å²) in [5, 5.41) is 11.9. The number of rotatable bonds is 1. The number of halogens is 1. The van der Waals surface area contributed by atoms with E-state index in [1.807, 2.05) is 0 Å². The Bertz CT molecular complexity index is 514. The molecule has 1 heterocycles. The predicted molar refractivity (Wildman–Crippen MR) is 64.4 cm³/mol. The van der Waals surface area contributed by atoms with Crippen LogP contribution in [0.15, 0.2) is 23.1 Å². The summed E-state index contributed by atoms with van der Waals surface area (Å²) < 4.78 is 13.3. The van der Waals surface area contributed by atoms with Crippen molar-refractivity contribution in [3.05, 3.63) is 34.5 Å². The van der Waals surface area contributed by atoms with E-state index in [-0.39, 0.29) is 17.2 Å². The summed E-state index contributed by atoms with van der Waals surface area (Å²) in [6.07, 6.45) is 1.40. The van der Waals surface area contributed by atoms with E-state index >= 15 is 0 Å².